The highest BCUT2D eigenvalue weighted by Gasteiger charge is 2.43. The van der Waals surface area contributed by atoms with E-state index in [1.54, 1.807) is 0 Å². The molecule has 2 heterocycles. The minimum Gasteiger partial charge on any atom is -0.408 e. The highest BCUT2D eigenvalue weighted by molar-refractivity contribution is 6.86. The van der Waals surface area contributed by atoms with Crippen LogP contribution in [0.1, 0.15) is 41.5 Å². The number of H-pyrrole nitrogens is 1. The van der Waals surface area contributed by atoms with Crippen LogP contribution in [0.15, 0.2) is 24.5 Å². The van der Waals surface area contributed by atoms with Gasteiger partial charge in [0.2, 0.25) is 0 Å². The van der Waals surface area contributed by atoms with Crippen molar-refractivity contribution >= 4 is 13.9 Å². The number of nitrogens with one attached hydrogen (secondary N) is 2. The molecule has 0 amide bonds. The number of aromatic amines is 1. The molecule has 0 saturated heterocycles. The van der Waals surface area contributed by atoms with Crippen LogP contribution >= 0.6 is 0 Å². The number of nitrogens with zero attached hydrogens (tertiary/aromatic N) is 1. The molecule has 0 atom stereocenters. The second-order valence-corrected chi connectivity index (χ2v) is 12.2. The molecule has 0 bridgehead atoms. The van der Waals surface area contributed by atoms with Crippen molar-refractivity contribution in [2.45, 2.75) is 58.2 Å². The van der Waals surface area contributed by atoms with Crippen LogP contribution in [0.4, 0.5) is 5.69 Å². The molecule has 2 aliphatic heterocycles. The lowest BCUT2D eigenvalue weighted by Gasteiger charge is -2.44. The molecular formula is C16H27N3Si. The predicted molar refractivity (Wildman–Crippen MR) is 89.9 cm³/mol. The fraction of sp³-hybridized carbons (Fsp3) is 0.562. The zero-order valence-corrected chi connectivity index (χ0v) is 14.5. The van der Waals surface area contributed by atoms with Gasteiger partial charge in [-0.05, 0) is 28.8 Å². The van der Waals surface area contributed by atoms with Gasteiger partial charge in [-0.3, -0.25) is 0 Å². The van der Waals surface area contributed by atoms with E-state index in [1.165, 1.54) is 11.3 Å². The molecule has 3 nitrogen and oxygen atoms in total. The Labute approximate surface area is 123 Å². The third-order valence-corrected chi connectivity index (χ3v) is 11.1. The highest BCUT2D eigenvalue weighted by atomic mass is 28.3. The van der Waals surface area contributed by atoms with Crippen molar-refractivity contribution in [3.05, 3.63) is 24.5 Å². The Hall–Kier alpha value is -1.29. The van der Waals surface area contributed by atoms with Gasteiger partial charge in [0.1, 0.15) is 5.82 Å². The predicted octanol–water partition coefficient (Wildman–Crippen LogP) is 5.10. The van der Waals surface area contributed by atoms with E-state index >= 15 is 0 Å². The van der Waals surface area contributed by atoms with Crippen LogP contribution in [0.25, 0.3) is 11.4 Å². The molecule has 0 aliphatic carbocycles. The maximum absolute atomic E-state index is 4.29. The number of fused-ring (bicyclic) bond motifs is 1. The molecule has 0 radical (unpaired) electrons. The molecule has 0 aromatic carbocycles. The van der Waals surface area contributed by atoms with Crippen molar-refractivity contribution in [1.29, 1.82) is 0 Å². The Morgan fingerprint density at radius 1 is 1.05 bits per heavy atom. The first-order valence-electron chi connectivity index (χ1n) is 7.59. The van der Waals surface area contributed by atoms with Crippen molar-refractivity contribution in [3.63, 3.8) is 0 Å². The monoisotopic (exact) mass is 289 g/mol. The van der Waals surface area contributed by atoms with Crippen LogP contribution in [-0.2, 0) is 0 Å². The average molecular weight is 289 g/mol. The summed E-state index contributed by atoms with van der Waals surface area (Å²) in [7, 11) is -1.63. The normalized spacial score (nSPS) is 12.8. The van der Waals surface area contributed by atoms with E-state index < -0.39 is 8.24 Å². The quantitative estimate of drug-likeness (QED) is 0.752. The summed E-state index contributed by atoms with van der Waals surface area (Å²) in [5, 5.41) is 0. The van der Waals surface area contributed by atoms with Crippen LogP contribution in [0.5, 0.6) is 0 Å². The van der Waals surface area contributed by atoms with Gasteiger partial charge in [0.15, 0.2) is 8.24 Å². The second kappa shape index (κ2) is 5.60. The topological polar surface area (TPSA) is 40.7 Å². The average Bonchev–Trinajstić information content (AvgIpc) is 2.81. The van der Waals surface area contributed by atoms with Gasteiger partial charge in [-0.1, -0.05) is 41.5 Å². The Bertz CT molecular complexity index is 509. The molecular weight excluding hydrogens is 262 g/mol. The molecule has 0 spiro atoms. The summed E-state index contributed by atoms with van der Waals surface area (Å²) < 4.78 is 0. The molecule has 4 heteroatoms. The van der Waals surface area contributed by atoms with Crippen molar-refractivity contribution in [2.24, 2.45) is 0 Å². The smallest absolute Gasteiger partial charge is 0.161 e. The molecule has 110 valence electrons. The standard InChI is InChI=1S/C16H27N3Si/c1-11(2)20(12(3)4,13(5)6)19-15-9-14-7-8-17-16(14)18-10-15/h7-13,19H,1-6H3,(H,17,18). The van der Waals surface area contributed by atoms with Gasteiger partial charge >= 0.3 is 0 Å². The van der Waals surface area contributed by atoms with E-state index in [9.17, 15) is 0 Å². The molecule has 20 heavy (non-hydrogen) atoms. The summed E-state index contributed by atoms with van der Waals surface area (Å²) >= 11 is 0. The van der Waals surface area contributed by atoms with Crippen LogP contribution in [0, 0.1) is 0 Å². The van der Waals surface area contributed by atoms with Gasteiger partial charge in [0.25, 0.3) is 0 Å². The zero-order valence-electron chi connectivity index (χ0n) is 13.5. The largest absolute Gasteiger partial charge is 0.408 e. The van der Waals surface area contributed by atoms with Crippen molar-refractivity contribution in [1.82, 2.24) is 9.97 Å². The van der Waals surface area contributed by atoms with E-state index in [0.717, 1.165) is 5.82 Å². The van der Waals surface area contributed by atoms with E-state index in [2.05, 4.69) is 74.8 Å². The molecule has 2 rings (SSSR count). The summed E-state index contributed by atoms with van der Waals surface area (Å²) in [6.07, 6.45) is 3.91. The highest BCUT2D eigenvalue weighted by Crippen LogP contribution is 2.42. The van der Waals surface area contributed by atoms with Gasteiger partial charge in [0, 0.05) is 23.6 Å². The molecule has 0 aromatic rings. The number of hydrogen-bond acceptors (Lipinski definition) is 2. The molecule has 2 aliphatic rings. The molecule has 0 aromatic heterocycles. The summed E-state index contributed by atoms with van der Waals surface area (Å²) in [4.78, 5) is 11.5. The van der Waals surface area contributed by atoms with Crippen LogP contribution in [-0.4, -0.2) is 18.2 Å². The summed E-state index contributed by atoms with van der Waals surface area (Å²) in [6, 6.07) is 4.27. The van der Waals surface area contributed by atoms with Crippen molar-refractivity contribution in [2.75, 3.05) is 4.98 Å². The fourth-order valence-corrected chi connectivity index (χ4v) is 9.20. The second-order valence-electron chi connectivity index (χ2n) is 6.66. The Balaban J connectivity index is 2.39. The fourth-order valence-electron chi connectivity index (χ4n) is 3.69. The van der Waals surface area contributed by atoms with Gasteiger partial charge in [-0.15, -0.1) is 0 Å². The van der Waals surface area contributed by atoms with E-state index in [1.807, 2.05) is 6.20 Å². The Morgan fingerprint density at radius 2 is 1.65 bits per heavy atom. The van der Waals surface area contributed by atoms with E-state index in [4.69, 9.17) is 0 Å². The number of hydrogen-bond donors (Lipinski definition) is 2. The Kier molecular flexibility index (Phi) is 4.23. The summed E-state index contributed by atoms with van der Waals surface area (Å²) in [5.41, 5.74) is 4.45. The van der Waals surface area contributed by atoms with Gasteiger partial charge in [-0.25, -0.2) is 4.98 Å². The van der Waals surface area contributed by atoms with Crippen LogP contribution in [0.3, 0.4) is 0 Å². The third kappa shape index (κ3) is 2.49. The molecule has 0 fully saturated rings. The summed E-state index contributed by atoms with van der Waals surface area (Å²) in [5.74, 6) is 0.960. The number of pyridine rings is 1. The lowest BCUT2D eigenvalue weighted by molar-refractivity contribution is 0.821. The van der Waals surface area contributed by atoms with Gasteiger partial charge in [0.05, 0.1) is 0 Å². The third-order valence-electron chi connectivity index (χ3n) is 4.63. The van der Waals surface area contributed by atoms with Crippen molar-refractivity contribution in [3.8, 4) is 11.4 Å². The van der Waals surface area contributed by atoms with Gasteiger partial charge < -0.3 is 9.97 Å². The number of aromatic nitrogens is 2. The Morgan fingerprint density at radius 3 is 2.20 bits per heavy atom. The van der Waals surface area contributed by atoms with Crippen molar-refractivity contribution < 1.29 is 0 Å². The first-order valence-corrected chi connectivity index (χ1v) is 9.82. The van der Waals surface area contributed by atoms with Crippen LogP contribution in [0.2, 0.25) is 16.6 Å². The van der Waals surface area contributed by atoms with E-state index in [-0.39, 0.29) is 0 Å². The maximum Gasteiger partial charge on any atom is 0.161 e. The molecule has 0 unspecified atom stereocenters. The van der Waals surface area contributed by atoms with E-state index in [0.29, 0.717) is 16.6 Å². The summed E-state index contributed by atoms with van der Waals surface area (Å²) in [6.45, 7) is 14.2. The zero-order chi connectivity index (χ0) is 14.9. The minimum atomic E-state index is -1.63. The first kappa shape index (κ1) is 15.1. The molecule has 0 saturated carbocycles. The van der Waals surface area contributed by atoms with Crippen LogP contribution < -0.4 is 4.98 Å². The first-order chi connectivity index (χ1) is 9.37. The van der Waals surface area contributed by atoms with Gasteiger partial charge in [-0.2, -0.15) is 0 Å². The number of anilines is 1. The number of rotatable bonds is 5. The lowest BCUT2D eigenvalue weighted by atomic mass is 10.2. The SMILES string of the molecule is CC(C)[Si](Nc1c[nH]c2nccc-2c1)(C(C)C)C(C)C. The lowest BCUT2D eigenvalue weighted by Crippen LogP contribution is -2.52. The molecule has 2 N–H and O–H groups in total. The maximum atomic E-state index is 4.29. The minimum absolute atomic E-state index is 0.691.